The van der Waals surface area contributed by atoms with E-state index in [0.29, 0.717) is 11.3 Å². The van der Waals surface area contributed by atoms with Crippen LogP contribution in [0.2, 0.25) is 0 Å². The molecule has 0 saturated heterocycles. The Kier molecular flexibility index (Phi) is 5.74. The molecule has 0 aliphatic heterocycles. The van der Waals surface area contributed by atoms with Crippen molar-refractivity contribution in [2.24, 2.45) is 5.10 Å². The van der Waals surface area contributed by atoms with Gasteiger partial charge in [-0.25, -0.2) is 5.43 Å². The van der Waals surface area contributed by atoms with Gasteiger partial charge >= 0.3 is 0 Å². The standard InChI is InChI=1S/C16H14Br2N2O2/c1-10-14(17)6-11(7-15(10)18)9-19-20-16(21)12-4-3-5-13(8-12)22-2/h3-9H,1-2H3,(H,20,21)/b19-9-. The first kappa shape index (κ1) is 16.7. The number of carbonyl (C=O) groups is 1. The minimum absolute atomic E-state index is 0.291. The molecule has 0 radical (unpaired) electrons. The molecular weight excluding hydrogens is 412 g/mol. The fourth-order valence-electron chi connectivity index (χ4n) is 1.73. The Balaban J connectivity index is 2.07. The summed E-state index contributed by atoms with van der Waals surface area (Å²) >= 11 is 6.95. The van der Waals surface area contributed by atoms with Crippen LogP contribution in [0.1, 0.15) is 21.5 Å². The summed E-state index contributed by atoms with van der Waals surface area (Å²) in [6, 6.07) is 10.8. The molecule has 0 saturated carbocycles. The number of hydrazone groups is 1. The lowest BCUT2D eigenvalue weighted by Crippen LogP contribution is -2.17. The number of rotatable bonds is 4. The summed E-state index contributed by atoms with van der Waals surface area (Å²) in [6.07, 6.45) is 1.59. The largest absolute Gasteiger partial charge is 0.497 e. The highest BCUT2D eigenvalue weighted by Gasteiger charge is 2.05. The van der Waals surface area contributed by atoms with E-state index in [4.69, 9.17) is 4.74 Å². The molecule has 1 N–H and O–H groups in total. The summed E-state index contributed by atoms with van der Waals surface area (Å²) in [5.41, 5.74) is 4.96. The Morgan fingerprint density at radius 3 is 2.55 bits per heavy atom. The zero-order valence-electron chi connectivity index (χ0n) is 12.1. The van der Waals surface area contributed by atoms with Crippen LogP contribution in [0.3, 0.4) is 0 Å². The number of ether oxygens (including phenoxy) is 1. The third-order valence-electron chi connectivity index (χ3n) is 3.01. The first-order valence-electron chi connectivity index (χ1n) is 6.44. The quantitative estimate of drug-likeness (QED) is 0.586. The van der Waals surface area contributed by atoms with E-state index in [1.165, 1.54) is 0 Å². The lowest BCUT2D eigenvalue weighted by molar-refractivity contribution is 0.0955. The van der Waals surface area contributed by atoms with Gasteiger partial charge in [-0.3, -0.25) is 4.79 Å². The number of benzene rings is 2. The molecule has 0 bridgehead atoms. The van der Waals surface area contributed by atoms with Gasteiger partial charge in [0, 0.05) is 14.5 Å². The SMILES string of the molecule is COc1cccc(C(=O)N/N=C\c2cc(Br)c(C)c(Br)c2)c1. The summed E-state index contributed by atoms with van der Waals surface area (Å²) in [7, 11) is 1.56. The molecule has 0 aromatic heterocycles. The predicted molar refractivity (Wildman–Crippen MR) is 94.6 cm³/mol. The number of amides is 1. The van der Waals surface area contributed by atoms with Crippen molar-refractivity contribution in [3.63, 3.8) is 0 Å². The average Bonchev–Trinajstić information content (AvgIpc) is 2.52. The highest BCUT2D eigenvalue weighted by molar-refractivity contribution is 9.11. The molecule has 0 aliphatic carbocycles. The Morgan fingerprint density at radius 1 is 1.23 bits per heavy atom. The molecule has 0 aliphatic rings. The van der Waals surface area contributed by atoms with E-state index in [2.05, 4.69) is 42.4 Å². The molecule has 0 spiro atoms. The predicted octanol–water partition coefficient (Wildman–Crippen LogP) is 4.29. The molecular formula is C16H14Br2N2O2. The smallest absolute Gasteiger partial charge is 0.271 e. The van der Waals surface area contributed by atoms with Gasteiger partial charge < -0.3 is 4.74 Å². The minimum atomic E-state index is -0.291. The Labute approximate surface area is 145 Å². The van der Waals surface area contributed by atoms with E-state index in [1.807, 2.05) is 19.1 Å². The monoisotopic (exact) mass is 424 g/mol. The Morgan fingerprint density at radius 2 is 1.91 bits per heavy atom. The topological polar surface area (TPSA) is 50.7 Å². The molecule has 0 heterocycles. The van der Waals surface area contributed by atoms with Crippen molar-refractivity contribution >= 4 is 44.0 Å². The van der Waals surface area contributed by atoms with Crippen molar-refractivity contribution in [3.05, 3.63) is 62.0 Å². The average molecular weight is 426 g/mol. The number of hydrogen-bond acceptors (Lipinski definition) is 3. The van der Waals surface area contributed by atoms with Crippen LogP contribution in [0, 0.1) is 6.92 Å². The van der Waals surface area contributed by atoms with Gasteiger partial charge in [-0.1, -0.05) is 37.9 Å². The highest BCUT2D eigenvalue weighted by Crippen LogP contribution is 2.25. The molecule has 2 aromatic rings. The lowest BCUT2D eigenvalue weighted by Gasteiger charge is -2.04. The molecule has 22 heavy (non-hydrogen) atoms. The van der Waals surface area contributed by atoms with E-state index in [1.54, 1.807) is 37.6 Å². The van der Waals surface area contributed by atoms with Crippen LogP contribution in [-0.4, -0.2) is 19.2 Å². The zero-order chi connectivity index (χ0) is 16.1. The highest BCUT2D eigenvalue weighted by atomic mass is 79.9. The van der Waals surface area contributed by atoms with E-state index >= 15 is 0 Å². The van der Waals surface area contributed by atoms with E-state index < -0.39 is 0 Å². The van der Waals surface area contributed by atoms with Crippen molar-refractivity contribution in [2.75, 3.05) is 7.11 Å². The second-order valence-corrected chi connectivity index (χ2v) is 6.25. The van der Waals surface area contributed by atoms with Crippen molar-refractivity contribution in [1.82, 2.24) is 5.43 Å². The summed E-state index contributed by atoms with van der Waals surface area (Å²) in [4.78, 5) is 12.0. The maximum absolute atomic E-state index is 12.0. The second-order valence-electron chi connectivity index (χ2n) is 4.54. The van der Waals surface area contributed by atoms with E-state index in [9.17, 15) is 4.79 Å². The number of nitrogens with one attached hydrogen (secondary N) is 1. The third-order valence-corrected chi connectivity index (χ3v) is 4.66. The number of hydrogen-bond donors (Lipinski definition) is 1. The molecule has 0 fully saturated rings. The van der Waals surface area contributed by atoms with Crippen LogP contribution in [0.15, 0.2) is 50.4 Å². The van der Waals surface area contributed by atoms with Gasteiger partial charge in [0.05, 0.1) is 13.3 Å². The van der Waals surface area contributed by atoms with Crippen LogP contribution in [0.5, 0.6) is 5.75 Å². The normalized spacial score (nSPS) is 10.7. The van der Waals surface area contributed by atoms with Crippen LogP contribution in [0.25, 0.3) is 0 Å². The number of halogens is 2. The van der Waals surface area contributed by atoms with Crippen molar-refractivity contribution in [2.45, 2.75) is 6.92 Å². The van der Waals surface area contributed by atoms with Crippen molar-refractivity contribution in [3.8, 4) is 5.75 Å². The lowest BCUT2D eigenvalue weighted by atomic mass is 10.2. The van der Waals surface area contributed by atoms with Crippen molar-refractivity contribution < 1.29 is 9.53 Å². The maximum atomic E-state index is 12.0. The van der Waals surface area contributed by atoms with Gasteiger partial charge in [-0.15, -0.1) is 0 Å². The maximum Gasteiger partial charge on any atom is 0.271 e. The van der Waals surface area contributed by atoms with Crippen LogP contribution < -0.4 is 10.2 Å². The van der Waals surface area contributed by atoms with Crippen LogP contribution >= 0.6 is 31.9 Å². The molecule has 0 atom stereocenters. The number of methoxy groups -OCH3 is 1. The molecule has 4 nitrogen and oxygen atoms in total. The third kappa shape index (κ3) is 4.18. The summed E-state index contributed by atoms with van der Waals surface area (Å²) in [6.45, 7) is 2.00. The summed E-state index contributed by atoms with van der Waals surface area (Å²) in [5.74, 6) is 0.336. The molecule has 2 aromatic carbocycles. The van der Waals surface area contributed by atoms with E-state index in [0.717, 1.165) is 20.1 Å². The van der Waals surface area contributed by atoms with Gasteiger partial charge in [0.15, 0.2) is 0 Å². The Hall–Kier alpha value is -1.66. The number of nitrogens with zero attached hydrogens (tertiary/aromatic N) is 1. The summed E-state index contributed by atoms with van der Waals surface area (Å²) in [5, 5.41) is 3.98. The first-order chi connectivity index (χ1) is 10.5. The molecule has 6 heteroatoms. The Bertz CT molecular complexity index is 707. The van der Waals surface area contributed by atoms with Crippen LogP contribution in [0.4, 0.5) is 0 Å². The molecule has 0 unspecified atom stereocenters. The van der Waals surface area contributed by atoms with Gasteiger partial charge in [0.1, 0.15) is 5.75 Å². The fourth-order valence-corrected chi connectivity index (χ4v) is 2.96. The summed E-state index contributed by atoms with van der Waals surface area (Å²) < 4.78 is 7.04. The second kappa shape index (κ2) is 7.56. The van der Waals surface area contributed by atoms with Gasteiger partial charge in [-0.2, -0.15) is 5.10 Å². The van der Waals surface area contributed by atoms with Crippen molar-refractivity contribution in [1.29, 1.82) is 0 Å². The molecule has 114 valence electrons. The fraction of sp³-hybridized carbons (Fsp3) is 0.125. The first-order valence-corrected chi connectivity index (χ1v) is 8.03. The van der Waals surface area contributed by atoms with Gasteiger partial charge in [0.2, 0.25) is 0 Å². The van der Waals surface area contributed by atoms with Gasteiger partial charge in [0.25, 0.3) is 5.91 Å². The van der Waals surface area contributed by atoms with Gasteiger partial charge in [-0.05, 0) is 48.4 Å². The van der Waals surface area contributed by atoms with Crippen LogP contribution in [-0.2, 0) is 0 Å². The number of carbonyl (C=O) groups excluding carboxylic acids is 1. The molecule has 2 rings (SSSR count). The zero-order valence-corrected chi connectivity index (χ0v) is 15.2. The minimum Gasteiger partial charge on any atom is -0.497 e. The molecule has 1 amide bonds. The van der Waals surface area contributed by atoms with E-state index in [-0.39, 0.29) is 5.91 Å².